The van der Waals surface area contributed by atoms with E-state index in [2.05, 4.69) is 104 Å². The highest BCUT2D eigenvalue weighted by Gasteiger charge is 2.27. The van der Waals surface area contributed by atoms with E-state index in [1.807, 2.05) is 0 Å². The Labute approximate surface area is 366 Å². The van der Waals surface area contributed by atoms with Gasteiger partial charge in [0.15, 0.2) is 0 Å². The summed E-state index contributed by atoms with van der Waals surface area (Å²) in [6.45, 7) is 28.8. The lowest BCUT2D eigenvalue weighted by molar-refractivity contribution is -0.941. The first-order valence-corrected chi connectivity index (χ1v) is 25.7. The van der Waals surface area contributed by atoms with Crippen molar-refractivity contribution in [2.45, 2.75) is 155 Å². The molecule has 4 aromatic carbocycles. The molecule has 0 heterocycles. The molecule has 0 bridgehead atoms. The molecule has 2 N–H and O–H groups in total. The third-order valence-electron chi connectivity index (χ3n) is 11.6. The highest BCUT2D eigenvalue weighted by molar-refractivity contribution is 7.86. The lowest BCUT2D eigenvalue weighted by Gasteiger charge is -2.39. The third kappa shape index (κ3) is 18.5. The summed E-state index contributed by atoms with van der Waals surface area (Å²) < 4.78 is 65.3. The predicted octanol–water partition coefficient (Wildman–Crippen LogP) is 12.8. The Morgan fingerprint density at radius 1 is 0.400 bits per heavy atom. The van der Waals surface area contributed by atoms with Gasteiger partial charge in [-0.05, 0) is 64.5 Å². The molecule has 0 unspecified atom stereocenters. The van der Waals surface area contributed by atoms with E-state index in [1.165, 1.54) is 185 Å². The van der Waals surface area contributed by atoms with Crippen LogP contribution in [0.2, 0.25) is 0 Å². The quantitative estimate of drug-likeness (QED) is 0.0536. The van der Waals surface area contributed by atoms with Crippen LogP contribution in [0.15, 0.2) is 94.7 Å². The van der Waals surface area contributed by atoms with Crippen molar-refractivity contribution in [3.05, 3.63) is 107 Å². The zero-order valence-electron chi connectivity index (χ0n) is 38.5. The van der Waals surface area contributed by atoms with Crippen molar-refractivity contribution < 1.29 is 34.9 Å². The molecule has 0 saturated heterocycles. The highest BCUT2D eigenvalue weighted by Crippen LogP contribution is 2.28. The van der Waals surface area contributed by atoms with Crippen LogP contribution in [-0.4, -0.2) is 74.2 Å². The first kappa shape index (κ1) is 53.0. The molecule has 4 rings (SSSR count). The average molecular weight is 869 g/mol. The highest BCUT2D eigenvalue weighted by atomic mass is 32.2. The second kappa shape index (κ2) is 27.0. The summed E-state index contributed by atoms with van der Waals surface area (Å²) in [6, 6.07) is 26.0. The van der Waals surface area contributed by atoms with Gasteiger partial charge in [0.1, 0.15) is 22.9 Å². The van der Waals surface area contributed by atoms with Gasteiger partial charge in [-0.2, -0.15) is 16.8 Å². The van der Waals surface area contributed by atoms with Crippen LogP contribution in [0.5, 0.6) is 0 Å². The van der Waals surface area contributed by atoms with Gasteiger partial charge in [-0.15, -0.1) is 0 Å². The summed E-state index contributed by atoms with van der Waals surface area (Å²) in [4.78, 5) is -0.823. The Hall–Kier alpha value is -3.12. The van der Waals surface area contributed by atoms with E-state index >= 15 is 0 Å². The van der Waals surface area contributed by atoms with Crippen molar-refractivity contribution in [1.82, 2.24) is 0 Å². The fraction of sp³-hybridized carbons (Fsp3) is 0.560. The van der Waals surface area contributed by atoms with Crippen molar-refractivity contribution in [2.75, 3.05) is 39.3 Å². The second-order valence-electron chi connectivity index (χ2n) is 17.0. The maximum atomic E-state index is 11.2. The molecule has 60 heavy (non-hydrogen) atoms. The molecule has 0 aromatic heterocycles. The Kier molecular flexibility index (Phi) is 23.9. The number of aryl methyl sites for hydroxylation is 2. The normalized spacial score (nSPS) is 12.1. The molecule has 336 valence electrons. The lowest BCUT2D eigenvalue weighted by Crippen LogP contribution is -2.49. The van der Waals surface area contributed by atoms with E-state index in [9.17, 15) is 16.8 Å². The molecule has 0 saturated carbocycles. The molecule has 0 atom stereocenters. The zero-order valence-corrected chi connectivity index (χ0v) is 40.1. The Balaban J connectivity index is 0.000000311. The Bertz CT molecular complexity index is 1820. The largest absolute Gasteiger partial charge is 0.320 e. The van der Waals surface area contributed by atoms with Crippen LogP contribution in [0.4, 0.5) is 0 Å². The lowest BCUT2D eigenvalue weighted by atomic mass is 10.1. The minimum Gasteiger partial charge on any atom is -0.320 e. The number of benzene rings is 4. The minimum absolute atomic E-state index is 0.0233. The van der Waals surface area contributed by atoms with E-state index in [4.69, 9.17) is 9.11 Å². The second-order valence-corrected chi connectivity index (χ2v) is 19.8. The van der Waals surface area contributed by atoms with Crippen LogP contribution < -0.4 is 0 Å². The fourth-order valence-electron chi connectivity index (χ4n) is 7.97. The number of nitrogens with zero attached hydrogens (tertiary/aromatic N) is 2. The van der Waals surface area contributed by atoms with Gasteiger partial charge in [0.2, 0.25) is 0 Å². The topological polar surface area (TPSA) is 109 Å². The summed E-state index contributed by atoms with van der Waals surface area (Å²) in [7, 11) is -8.94. The summed E-state index contributed by atoms with van der Waals surface area (Å²) >= 11 is 0. The molecular formula is C50H80N2O6S2+2. The third-order valence-corrected chi connectivity index (χ3v) is 13.4. The summed E-state index contributed by atoms with van der Waals surface area (Å²) in [5.41, 5.74) is 5.77. The monoisotopic (exact) mass is 869 g/mol. The van der Waals surface area contributed by atoms with Crippen LogP contribution in [-0.2, 0) is 33.3 Å². The van der Waals surface area contributed by atoms with Gasteiger partial charge < -0.3 is 8.97 Å². The molecule has 4 aromatic rings. The van der Waals surface area contributed by atoms with Crippen LogP contribution in [0, 0.1) is 13.8 Å². The van der Waals surface area contributed by atoms with Gasteiger partial charge >= 0.3 is 0 Å². The summed E-state index contributed by atoms with van der Waals surface area (Å²) in [5.74, 6) is 0. The number of quaternary nitrogens is 2. The van der Waals surface area contributed by atoms with E-state index in [1.54, 1.807) is 0 Å². The van der Waals surface area contributed by atoms with Crippen molar-refractivity contribution in [2.24, 2.45) is 0 Å². The first-order chi connectivity index (χ1) is 28.5. The summed E-state index contributed by atoms with van der Waals surface area (Å²) in [6.07, 6.45) is 16.0. The standard InChI is InChI=1S/2C20H36N.C10H8O6S2/c2*1-5-8-15-21(16-9-6-2,17-10-7-3)18-20-13-11-19(4)12-14-20;11-17(12,13)9-5-1-3-7-8(9)4-2-6-10(7)18(14,15)16/h2*11-14H,5-10,15-18H2,1-4H3;1-6H,(H,11,12,13)(H,14,15,16)/q2*+1;. The molecule has 0 radical (unpaired) electrons. The SMILES string of the molecule is CCCC[N+](CCCC)(CCCC)Cc1ccc(C)cc1.CCCC[N+](CCCC)(CCCC)Cc1ccc(C)cc1.O=S(=O)(O)c1cccc2c(S(=O)(=O)O)cccc12. The van der Waals surface area contributed by atoms with E-state index in [0.29, 0.717) is 0 Å². The molecule has 0 spiro atoms. The smallest absolute Gasteiger partial charge is 0.295 e. The van der Waals surface area contributed by atoms with Crippen molar-refractivity contribution in [3.63, 3.8) is 0 Å². The van der Waals surface area contributed by atoms with Gasteiger partial charge in [-0.1, -0.05) is 164 Å². The van der Waals surface area contributed by atoms with Crippen molar-refractivity contribution in [1.29, 1.82) is 0 Å². The maximum Gasteiger partial charge on any atom is 0.295 e. The van der Waals surface area contributed by atoms with E-state index < -0.39 is 30.0 Å². The molecular weight excluding hydrogens is 789 g/mol. The number of hydrogen-bond donors (Lipinski definition) is 2. The predicted molar refractivity (Wildman–Crippen MR) is 253 cm³/mol. The van der Waals surface area contributed by atoms with Crippen LogP contribution in [0.1, 0.15) is 141 Å². The van der Waals surface area contributed by atoms with Gasteiger partial charge in [-0.25, -0.2) is 0 Å². The van der Waals surface area contributed by atoms with Gasteiger partial charge in [0.25, 0.3) is 20.2 Å². The molecule has 10 heteroatoms. The summed E-state index contributed by atoms with van der Waals surface area (Å²) in [5, 5.41) is 0.0465. The molecule has 0 fully saturated rings. The number of unbranched alkanes of at least 4 members (excludes halogenated alkanes) is 6. The zero-order chi connectivity index (χ0) is 44.7. The van der Waals surface area contributed by atoms with Crippen molar-refractivity contribution >= 4 is 31.0 Å². The molecule has 0 amide bonds. The maximum absolute atomic E-state index is 11.2. The van der Waals surface area contributed by atoms with E-state index in [-0.39, 0.29) is 10.8 Å². The van der Waals surface area contributed by atoms with Crippen LogP contribution in [0.25, 0.3) is 10.8 Å². The van der Waals surface area contributed by atoms with Crippen LogP contribution in [0.3, 0.4) is 0 Å². The molecule has 0 aliphatic rings. The number of rotatable bonds is 24. The van der Waals surface area contributed by atoms with Gasteiger partial charge in [0.05, 0.1) is 39.3 Å². The Morgan fingerprint density at radius 2 is 0.650 bits per heavy atom. The minimum atomic E-state index is -4.47. The van der Waals surface area contributed by atoms with Gasteiger partial charge in [0, 0.05) is 21.9 Å². The number of fused-ring (bicyclic) bond motifs is 1. The molecule has 8 nitrogen and oxygen atoms in total. The van der Waals surface area contributed by atoms with Crippen LogP contribution >= 0.6 is 0 Å². The van der Waals surface area contributed by atoms with E-state index in [0.717, 1.165) is 12.1 Å². The van der Waals surface area contributed by atoms with Gasteiger partial charge in [-0.3, -0.25) is 9.11 Å². The molecule has 0 aliphatic carbocycles. The van der Waals surface area contributed by atoms with Crippen molar-refractivity contribution in [3.8, 4) is 0 Å². The fourth-order valence-corrected chi connectivity index (χ4v) is 9.38. The molecule has 0 aliphatic heterocycles. The first-order valence-electron chi connectivity index (χ1n) is 22.8. The number of hydrogen-bond acceptors (Lipinski definition) is 4. The Morgan fingerprint density at radius 3 is 0.867 bits per heavy atom. The average Bonchev–Trinajstić information content (AvgIpc) is 3.22.